The van der Waals surface area contributed by atoms with Crippen molar-refractivity contribution in [3.8, 4) is 0 Å². The minimum Gasteiger partial charge on any atom is -0.392 e. The lowest BCUT2D eigenvalue weighted by Crippen LogP contribution is -2.29. The molecule has 0 saturated heterocycles. The second kappa shape index (κ2) is 5.43. The number of aliphatic hydroxyl groups is 1. The zero-order chi connectivity index (χ0) is 9.72. The van der Waals surface area contributed by atoms with Crippen molar-refractivity contribution in [1.82, 2.24) is 0 Å². The predicted molar refractivity (Wildman–Crippen MR) is 52.0 cm³/mol. The highest BCUT2D eigenvalue weighted by Gasteiger charge is 2.19. The van der Waals surface area contributed by atoms with Crippen molar-refractivity contribution in [2.24, 2.45) is 5.73 Å². The highest BCUT2D eigenvalue weighted by Crippen LogP contribution is 2.22. The number of nitrogens with two attached hydrogens (primary N) is 1. The Morgan fingerprint density at radius 3 is 2.33 bits per heavy atom. The van der Waals surface area contributed by atoms with E-state index in [2.05, 4.69) is 0 Å². The van der Waals surface area contributed by atoms with Crippen molar-refractivity contribution >= 4 is 17.7 Å². The summed E-state index contributed by atoms with van der Waals surface area (Å²) in [4.78, 5) is 10.8. The summed E-state index contributed by atoms with van der Waals surface area (Å²) < 4.78 is 0. The van der Waals surface area contributed by atoms with Crippen LogP contribution < -0.4 is 5.73 Å². The second-order valence-corrected chi connectivity index (χ2v) is 4.47. The minimum atomic E-state index is -0.400. The largest absolute Gasteiger partial charge is 0.392 e. The fraction of sp³-hybridized carbons (Fsp3) is 0.875. The fourth-order valence-electron chi connectivity index (χ4n) is 0.737. The van der Waals surface area contributed by atoms with E-state index in [9.17, 15) is 9.90 Å². The van der Waals surface area contributed by atoms with E-state index in [0.29, 0.717) is 0 Å². The van der Waals surface area contributed by atoms with Gasteiger partial charge < -0.3 is 10.8 Å². The van der Waals surface area contributed by atoms with E-state index in [4.69, 9.17) is 5.73 Å². The van der Waals surface area contributed by atoms with Crippen LogP contribution in [0.2, 0.25) is 0 Å². The molecule has 3 unspecified atom stereocenters. The first-order valence-corrected chi connectivity index (χ1v) is 5.06. The molecule has 4 heteroatoms. The van der Waals surface area contributed by atoms with E-state index in [1.165, 1.54) is 11.8 Å². The van der Waals surface area contributed by atoms with Crippen LogP contribution in [0.15, 0.2) is 0 Å². The highest BCUT2D eigenvalue weighted by molar-refractivity contribution is 8.01. The molecule has 72 valence electrons. The molecule has 0 heterocycles. The second-order valence-electron chi connectivity index (χ2n) is 2.88. The Hall–Kier alpha value is -0.220. The van der Waals surface area contributed by atoms with Crippen LogP contribution in [0.3, 0.4) is 0 Å². The van der Waals surface area contributed by atoms with Crippen LogP contribution in [-0.4, -0.2) is 27.6 Å². The summed E-state index contributed by atoms with van der Waals surface area (Å²) in [6.07, 6.45) is 0.320. The molecule has 0 spiro atoms. The fourth-order valence-corrected chi connectivity index (χ4v) is 1.81. The molecule has 0 radical (unpaired) electrons. The van der Waals surface area contributed by atoms with Crippen LogP contribution in [-0.2, 0) is 4.79 Å². The molecule has 0 aromatic carbocycles. The molecule has 3 N–H and O–H groups in total. The average molecular weight is 191 g/mol. The molecule has 1 amide bonds. The summed E-state index contributed by atoms with van der Waals surface area (Å²) in [5.41, 5.74) is 5.15. The number of hydrogen-bond donors (Lipinski definition) is 2. The van der Waals surface area contributed by atoms with Gasteiger partial charge >= 0.3 is 0 Å². The van der Waals surface area contributed by atoms with Crippen molar-refractivity contribution in [3.05, 3.63) is 0 Å². The predicted octanol–water partition coefficient (Wildman–Crippen LogP) is 0.753. The molecule has 0 aromatic rings. The number of carbonyl (C=O) groups is 1. The number of carbonyl (C=O) groups excluding carboxylic acids is 1. The van der Waals surface area contributed by atoms with Crippen molar-refractivity contribution in [3.63, 3.8) is 0 Å². The Morgan fingerprint density at radius 1 is 1.58 bits per heavy atom. The van der Waals surface area contributed by atoms with Crippen molar-refractivity contribution < 1.29 is 9.90 Å². The molecule has 0 aliphatic rings. The number of amides is 1. The maximum Gasteiger partial charge on any atom is 0.230 e. The number of thioether (sulfide) groups is 1. The van der Waals surface area contributed by atoms with Gasteiger partial charge in [-0.05, 0) is 13.3 Å². The summed E-state index contributed by atoms with van der Waals surface area (Å²) in [5, 5.41) is 9.06. The van der Waals surface area contributed by atoms with Gasteiger partial charge in [0.2, 0.25) is 5.91 Å². The SMILES string of the molecule is CCC(SC(C)C(C)O)C(N)=O. The molecule has 0 aromatic heterocycles. The first-order valence-electron chi connectivity index (χ1n) is 4.11. The van der Waals surface area contributed by atoms with E-state index in [-0.39, 0.29) is 16.4 Å². The van der Waals surface area contributed by atoms with Crippen LogP contribution in [0.4, 0.5) is 0 Å². The molecular weight excluding hydrogens is 174 g/mol. The van der Waals surface area contributed by atoms with Crippen LogP contribution >= 0.6 is 11.8 Å². The summed E-state index contributed by atoms with van der Waals surface area (Å²) in [6.45, 7) is 5.52. The van der Waals surface area contributed by atoms with Gasteiger partial charge in [-0.3, -0.25) is 4.79 Å². The van der Waals surface area contributed by atoms with E-state index < -0.39 is 6.10 Å². The lowest BCUT2D eigenvalue weighted by Gasteiger charge is -2.18. The van der Waals surface area contributed by atoms with Crippen molar-refractivity contribution in [1.29, 1.82) is 0 Å². The Labute approximate surface area is 77.7 Å². The normalized spacial score (nSPS) is 18.3. The number of hydrogen-bond acceptors (Lipinski definition) is 3. The number of primary amides is 1. The zero-order valence-electron chi connectivity index (χ0n) is 7.78. The third-order valence-electron chi connectivity index (χ3n) is 1.75. The topological polar surface area (TPSA) is 63.3 Å². The van der Waals surface area contributed by atoms with Crippen molar-refractivity contribution in [2.75, 3.05) is 0 Å². The lowest BCUT2D eigenvalue weighted by molar-refractivity contribution is -0.117. The molecule has 12 heavy (non-hydrogen) atoms. The van der Waals surface area contributed by atoms with Gasteiger partial charge in [-0.15, -0.1) is 11.8 Å². The third-order valence-corrected chi connectivity index (χ3v) is 3.46. The molecule has 0 saturated carbocycles. The molecule has 0 bridgehead atoms. The minimum absolute atomic E-state index is 0.0578. The van der Waals surface area contributed by atoms with Crippen molar-refractivity contribution in [2.45, 2.75) is 43.8 Å². The summed E-state index contributed by atoms with van der Waals surface area (Å²) in [6, 6.07) is 0. The summed E-state index contributed by atoms with van der Waals surface area (Å²) >= 11 is 1.44. The summed E-state index contributed by atoms with van der Waals surface area (Å²) in [5.74, 6) is -0.296. The van der Waals surface area contributed by atoms with E-state index in [1.54, 1.807) is 6.92 Å². The maximum absolute atomic E-state index is 10.8. The van der Waals surface area contributed by atoms with Gasteiger partial charge in [0, 0.05) is 5.25 Å². The van der Waals surface area contributed by atoms with E-state index in [0.717, 1.165) is 6.42 Å². The Morgan fingerprint density at radius 2 is 2.08 bits per heavy atom. The third kappa shape index (κ3) is 3.97. The zero-order valence-corrected chi connectivity index (χ0v) is 8.60. The van der Waals surface area contributed by atoms with Crippen LogP contribution in [0.25, 0.3) is 0 Å². The molecule has 0 aliphatic carbocycles. The number of aliphatic hydroxyl groups excluding tert-OH is 1. The van der Waals surface area contributed by atoms with E-state index >= 15 is 0 Å². The van der Waals surface area contributed by atoms with Crippen LogP contribution in [0.5, 0.6) is 0 Å². The molecular formula is C8H17NO2S. The molecule has 0 aliphatic heterocycles. The smallest absolute Gasteiger partial charge is 0.230 e. The van der Waals surface area contributed by atoms with Gasteiger partial charge in [0.15, 0.2) is 0 Å². The standard InChI is InChI=1S/C8H17NO2S/c1-4-7(8(9)11)12-6(3)5(2)10/h5-7,10H,4H2,1-3H3,(H2,9,11). The number of rotatable bonds is 5. The van der Waals surface area contributed by atoms with Gasteiger partial charge in [0.1, 0.15) is 0 Å². The molecule has 0 fully saturated rings. The van der Waals surface area contributed by atoms with Crippen LogP contribution in [0, 0.1) is 0 Å². The lowest BCUT2D eigenvalue weighted by atomic mass is 10.3. The average Bonchev–Trinajstić information content (AvgIpc) is 1.98. The van der Waals surface area contributed by atoms with E-state index in [1.807, 2.05) is 13.8 Å². The Kier molecular flexibility index (Phi) is 5.33. The van der Waals surface area contributed by atoms with Gasteiger partial charge in [0.05, 0.1) is 11.4 Å². The Balaban J connectivity index is 3.94. The summed E-state index contributed by atoms with van der Waals surface area (Å²) in [7, 11) is 0. The Bertz CT molecular complexity index is 150. The first kappa shape index (κ1) is 11.8. The van der Waals surface area contributed by atoms with Gasteiger partial charge in [-0.1, -0.05) is 13.8 Å². The molecule has 3 atom stereocenters. The molecule has 0 rings (SSSR count). The monoisotopic (exact) mass is 191 g/mol. The first-order chi connectivity index (χ1) is 5.49. The maximum atomic E-state index is 10.8. The van der Waals surface area contributed by atoms with Gasteiger partial charge in [-0.25, -0.2) is 0 Å². The highest BCUT2D eigenvalue weighted by atomic mass is 32.2. The molecule has 3 nitrogen and oxygen atoms in total. The van der Waals surface area contributed by atoms with Gasteiger partial charge in [-0.2, -0.15) is 0 Å². The quantitative estimate of drug-likeness (QED) is 0.674. The van der Waals surface area contributed by atoms with Gasteiger partial charge in [0.25, 0.3) is 0 Å². The van der Waals surface area contributed by atoms with Crippen LogP contribution in [0.1, 0.15) is 27.2 Å².